The van der Waals surface area contributed by atoms with Crippen molar-refractivity contribution in [2.24, 2.45) is 0 Å². The maximum atomic E-state index is 11.1. The Balaban J connectivity index is 2.41. The maximum absolute atomic E-state index is 11.1. The van der Waals surface area contributed by atoms with Crippen molar-refractivity contribution >= 4 is 16.7 Å². The van der Waals surface area contributed by atoms with Gasteiger partial charge >= 0.3 is 0 Å². The van der Waals surface area contributed by atoms with Crippen molar-refractivity contribution in [1.82, 2.24) is 4.57 Å². The van der Waals surface area contributed by atoms with Gasteiger partial charge in [-0.05, 0) is 36.4 Å². The van der Waals surface area contributed by atoms with Gasteiger partial charge in [0.25, 0.3) is 0 Å². The fourth-order valence-electron chi connectivity index (χ4n) is 2.06. The highest BCUT2D eigenvalue weighted by Crippen LogP contribution is 2.18. The molecule has 1 aromatic heterocycles. The van der Waals surface area contributed by atoms with Crippen molar-refractivity contribution in [2.75, 3.05) is 0 Å². The van der Waals surface area contributed by atoms with E-state index in [9.17, 15) is 4.79 Å². The molecule has 0 radical (unpaired) electrons. The monoisotopic (exact) mass is 215 g/mol. The molecule has 0 saturated carbocycles. The Hall–Kier alpha value is -1.57. The van der Waals surface area contributed by atoms with Gasteiger partial charge in [0.05, 0.1) is 0 Å². The third-order valence-corrected chi connectivity index (χ3v) is 2.76. The molecule has 2 rings (SSSR count). The zero-order chi connectivity index (χ0) is 11.5. The molecule has 0 spiro atoms. The average Bonchev–Trinajstić information content (AvgIpc) is 2.61. The lowest BCUT2D eigenvalue weighted by molar-refractivity contribution is -0.116. The molecule has 0 amide bonds. The van der Waals surface area contributed by atoms with Gasteiger partial charge in [0.15, 0.2) is 0 Å². The number of rotatable bonds is 4. The number of aryl methyl sites for hydroxylation is 1. The topological polar surface area (TPSA) is 22.0 Å². The Bertz CT molecular complexity index is 510. The Kier molecular flexibility index (Phi) is 3.09. The second-order valence-corrected chi connectivity index (χ2v) is 4.28. The van der Waals surface area contributed by atoms with Gasteiger partial charge in [-0.25, -0.2) is 0 Å². The van der Waals surface area contributed by atoms with Crippen molar-refractivity contribution in [1.29, 1.82) is 0 Å². The van der Waals surface area contributed by atoms with Gasteiger partial charge in [0.1, 0.15) is 5.78 Å². The van der Waals surface area contributed by atoms with Crippen LogP contribution in [0.1, 0.15) is 25.8 Å². The molecule has 0 fully saturated rings. The predicted octanol–water partition coefficient (Wildman–Crippen LogP) is 3.18. The number of hydrogen-bond acceptors (Lipinski definition) is 1. The van der Waals surface area contributed by atoms with Crippen LogP contribution in [0.4, 0.5) is 0 Å². The van der Waals surface area contributed by atoms with Gasteiger partial charge in [-0.3, -0.25) is 4.79 Å². The Labute approximate surface area is 95.9 Å². The minimum absolute atomic E-state index is 0.216. The molecule has 1 heterocycles. The number of carbonyl (C=O) groups is 1. The molecule has 84 valence electrons. The predicted molar refractivity (Wildman–Crippen MR) is 66.6 cm³/mol. The van der Waals surface area contributed by atoms with E-state index in [2.05, 4.69) is 35.9 Å². The summed E-state index contributed by atoms with van der Waals surface area (Å²) in [4.78, 5) is 11.1. The second kappa shape index (κ2) is 4.52. The molecular formula is C14H17NO. The Morgan fingerprint density at radius 2 is 2.12 bits per heavy atom. The van der Waals surface area contributed by atoms with Crippen LogP contribution >= 0.6 is 0 Å². The molecule has 16 heavy (non-hydrogen) atoms. The first-order valence-electron chi connectivity index (χ1n) is 5.78. The zero-order valence-electron chi connectivity index (χ0n) is 9.86. The average molecular weight is 215 g/mol. The van der Waals surface area contributed by atoms with E-state index in [0.717, 1.165) is 18.5 Å². The van der Waals surface area contributed by atoms with E-state index >= 15 is 0 Å². The summed E-state index contributed by atoms with van der Waals surface area (Å²) in [5, 5.41) is 1.25. The van der Waals surface area contributed by atoms with E-state index < -0.39 is 0 Å². The SMILES string of the molecule is CCCn1ccc2ccc(CC(C)=O)cc21. The van der Waals surface area contributed by atoms with Crippen LogP contribution in [0.2, 0.25) is 0 Å². The van der Waals surface area contributed by atoms with Gasteiger partial charge in [0.2, 0.25) is 0 Å². The van der Waals surface area contributed by atoms with Gasteiger partial charge in [-0.15, -0.1) is 0 Å². The van der Waals surface area contributed by atoms with Crippen molar-refractivity contribution in [3.8, 4) is 0 Å². The van der Waals surface area contributed by atoms with Crippen LogP contribution in [0.3, 0.4) is 0 Å². The van der Waals surface area contributed by atoms with E-state index in [1.165, 1.54) is 10.9 Å². The molecule has 0 aliphatic carbocycles. The van der Waals surface area contributed by atoms with Crippen molar-refractivity contribution < 1.29 is 4.79 Å². The van der Waals surface area contributed by atoms with E-state index in [0.29, 0.717) is 6.42 Å². The molecule has 0 aliphatic rings. The summed E-state index contributed by atoms with van der Waals surface area (Å²) in [7, 11) is 0. The van der Waals surface area contributed by atoms with Gasteiger partial charge in [0, 0.05) is 24.7 Å². The molecule has 2 nitrogen and oxygen atoms in total. The number of Topliss-reactive ketones (excluding diaryl/α,β-unsaturated/α-hetero) is 1. The zero-order valence-corrected chi connectivity index (χ0v) is 9.86. The lowest BCUT2D eigenvalue weighted by Crippen LogP contribution is -1.98. The van der Waals surface area contributed by atoms with Gasteiger partial charge in [-0.1, -0.05) is 19.1 Å². The number of fused-ring (bicyclic) bond motifs is 1. The van der Waals surface area contributed by atoms with Crippen molar-refractivity contribution in [3.63, 3.8) is 0 Å². The summed E-state index contributed by atoms with van der Waals surface area (Å²) in [5.41, 5.74) is 2.34. The van der Waals surface area contributed by atoms with E-state index in [4.69, 9.17) is 0 Å². The quantitative estimate of drug-likeness (QED) is 0.767. The fraction of sp³-hybridized carbons (Fsp3) is 0.357. The Morgan fingerprint density at radius 3 is 2.81 bits per heavy atom. The number of carbonyl (C=O) groups excluding carboxylic acids is 1. The molecule has 0 unspecified atom stereocenters. The van der Waals surface area contributed by atoms with Gasteiger partial charge in [-0.2, -0.15) is 0 Å². The fourth-order valence-corrected chi connectivity index (χ4v) is 2.06. The number of hydrogen-bond donors (Lipinski definition) is 0. The number of ketones is 1. The van der Waals surface area contributed by atoms with Crippen LogP contribution < -0.4 is 0 Å². The largest absolute Gasteiger partial charge is 0.347 e. The minimum atomic E-state index is 0.216. The number of benzene rings is 1. The molecule has 0 atom stereocenters. The van der Waals surface area contributed by atoms with E-state index in [-0.39, 0.29) is 5.78 Å². The lowest BCUT2D eigenvalue weighted by atomic mass is 10.1. The van der Waals surface area contributed by atoms with Crippen LogP contribution in [0.5, 0.6) is 0 Å². The van der Waals surface area contributed by atoms with Crippen molar-refractivity contribution in [2.45, 2.75) is 33.2 Å². The molecule has 0 aliphatic heterocycles. The smallest absolute Gasteiger partial charge is 0.134 e. The highest BCUT2D eigenvalue weighted by atomic mass is 16.1. The summed E-state index contributed by atoms with van der Waals surface area (Å²) in [6.07, 6.45) is 3.78. The summed E-state index contributed by atoms with van der Waals surface area (Å²) in [5.74, 6) is 0.216. The van der Waals surface area contributed by atoms with Crippen LogP contribution in [0, 0.1) is 0 Å². The normalized spacial score (nSPS) is 10.9. The van der Waals surface area contributed by atoms with Gasteiger partial charge < -0.3 is 4.57 Å². The summed E-state index contributed by atoms with van der Waals surface area (Å²) in [6, 6.07) is 8.40. The number of nitrogens with zero attached hydrogens (tertiary/aromatic N) is 1. The highest BCUT2D eigenvalue weighted by Gasteiger charge is 2.03. The minimum Gasteiger partial charge on any atom is -0.347 e. The first kappa shape index (κ1) is 10.9. The molecule has 0 saturated heterocycles. The lowest BCUT2D eigenvalue weighted by Gasteiger charge is -2.04. The Morgan fingerprint density at radius 1 is 1.31 bits per heavy atom. The first-order valence-corrected chi connectivity index (χ1v) is 5.78. The third kappa shape index (κ3) is 2.16. The standard InChI is InChI=1S/C14H17NO/c1-3-7-15-8-6-13-5-4-12(9-11(2)16)10-14(13)15/h4-6,8,10H,3,7,9H2,1-2H3. The van der Waals surface area contributed by atoms with Crippen molar-refractivity contribution in [3.05, 3.63) is 36.0 Å². The highest BCUT2D eigenvalue weighted by molar-refractivity contribution is 5.83. The maximum Gasteiger partial charge on any atom is 0.134 e. The summed E-state index contributed by atoms with van der Waals surface area (Å²) in [6.45, 7) is 4.84. The second-order valence-electron chi connectivity index (χ2n) is 4.28. The van der Waals surface area contributed by atoms with Crippen LogP contribution in [0.25, 0.3) is 10.9 Å². The first-order chi connectivity index (χ1) is 7.70. The molecule has 0 bridgehead atoms. The number of aromatic nitrogens is 1. The molecule has 2 heteroatoms. The molecule has 2 aromatic rings. The van der Waals surface area contributed by atoms with Crippen LogP contribution in [-0.4, -0.2) is 10.4 Å². The van der Waals surface area contributed by atoms with Crippen LogP contribution in [-0.2, 0) is 17.8 Å². The molecule has 0 N–H and O–H groups in total. The summed E-state index contributed by atoms with van der Waals surface area (Å²) < 4.78 is 2.25. The third-order valence-electron chi connectivity index (χ3n) is 2.76. The molecular weight excluding hydrogens is 198 g/mol. The van der Waals surface area contributed by atoms with Crippen LogP contribution in [0.15, 0.2) is 30.5 Å². The van der Waals surface area contributed by atoms with E-state index in [1.54, 1.807) is 6.92 Å². The summed E-state index contributed by atoms with van der Waals surface area (Å²) >= 11 is 0. The van der Waals surface area contributed by atoms with E-state index in [1.807, 2.05) is 6.07 Å². The molecule has 1 aromatic carbocycles.